The van der Waals surface area contributed by atoms with Crippen LogP contribution in [0.1, 0.15) is 36.5 Å². The normalized spacial score (nSPS) is 26.2. The molecule has 3 atom stereocenters. The zero-order chi connectivity index (χ0) is 17.1. The van der Waals surface area contributed by atoms with E-state index in [1.165, 1.54) is 5.56 Å². The lowest BCUT2D eigenvalue weighted by Crippen LogP contribution is -2.38. The molecule has 6 heteroatoms. The average Bonchev–Trinajstić information content (AvgIpc) is 2.97. The molecule has 3 unspecified atom stereocenters. The van der Waals surface area contributed by atoms with Crippen molar-refractivity contribution in [1.29, 1.82) is 0 Å². The van der Waals surface area contributed by atoms with Crippen LogP contribution in [0.3, 0.4) is 0 Å². The fourth-order valence-corrected chi connectivity index (χ4v) is 3.67. The number of benzene rings is 1. The van der Waals surface area contributed by atoms with Crippen molar-refractivity contribution < 1.29 is 24.2 Å². The first-order valence-corrected chi connectivity index (χ1v) is 8.32. The van der Waals surface area contributed by atoms with Gasteiger partial charge in [-0.25, -0.2) is 0 Å². The largest absolute Gasteiger partial charge is 0.481 e. The smallest absolute Gasteiger partial charge is 0.305 e. The summed E-state index contributed by atoms with van der Waals surface area (Å²) < 4.78 is 11.1. The molecule has 24 heavy (non-hydrogen) atoms. The van der Waals surface area contributed by atoms with Crippen LogP contribution in [0.4, 0.5) is 0 Å². The molecule has 0 radical (unpaired) electrons. The Morgan fingerprint density at radius 1 is 1.33 bits per heavy atom. The van der Waals surface area contributed by atoms with Crippen molar-refractivity contribution in [1.82, 2.24) is 4.90 Å². The molecule has 3 rings (SSSR count). The van der Waals surface area contributed by atoms with Gasteiger partial charge in [0.25, 0.3) is 0 Å². The van der Waals surface area contributed by atoms with E-state index in [2.05, 4.69) is 6.07 Å². The zero-order valence-electron chi connectivity index (χ0n) is 13.8. The van der Waals surface area contributed by atoms with E-state index in [0.717, 1.165) is 12.0 Å². The van der Waals surface area contributed by atoms with Gasteiger partial charge in [0.1, 0.15) is 0 Å². The minimum absolute atomic E-state index is 0.0479. The summed E-state index contributed by atoms with van der Waals surface area (Å²) in [6, 6.07) is 7.71. The van der Waals surface area contributed by atoms with Crippen LogP contribution in [-0.2, 0) is 25.5 Å². The maximum Gasteiger partial charge on any atom is 0.305 e. The fraction of sp³-hybridized carbons (Fsp3) is 0.556. The fourth-order valence-electron chi connectivity index (χ4n) is 3.67. The Hall–Kier alpha value is -1.92. The lowest BCUT2D eigenvalue weighted by atomic mass is 9.95. The van der Waals surface area contributed by atoms with E-state index in [0.29, 0.717) is 19.6 Å². The number of hydrogen-bond acceptors (Lipinski definition) is 4. The van der Waals surface area contributed by atoms with Gasteiger partial charge in [-0.2, -0.15) is 0 Å². The van der Waals surface area contributed by atoms with Crippen LogP contribution in [0.2, 0.25) is 0 Å². The van der Waals surface area contributed by atoms with Gasteiger partial charge >= 0.3 is 5.97 Å². The molecule has 1 amide bonds. The number of likely N-dealkylation sites (tertiary alicyclic amines) is 1. The number of carboxylic acid groups (broad SMARTS) is 1. The van der Waals surface area contributed by atoms with Gasteiger partial charge in [0.05, 0.1) is 31.7 Å². The van der Waals surface area contributed by atoms with Crippen molar-refractivity contribution in [2.24, 2.45) is 0 Å². The van der Waals surface area contributed by atoms with E-state index >= 15 is 0 Å². The molecule has 2 aliphatic rings. The van der Waals surface area contributed by atoms with E-state index in [4.69, 9.17) is 14.6 Å². The number of aliphatic carboxylic acids is 1. The molecule has 1 fully saturated rings. The molecular weight excluding hydrogens is 310 g/mol. The van der Waals surface area contributed by atoms with Crippen LogP contribution in [0.25, 0.3) is 0 Å². The minimum atomic E-state index is -0.895. The van der Waals surface area contributed by atoms with Gasteiger partial charge in [-0.3, -0.25) is 9.59 Å². The second kappa shape index (κ2) is 7.32. The molecule has 0 aliphatic carbocycles. The second-order valence-electron chi connectivity index (χ2n) is 6.40. The van der Waals surface area contributed by atoms with Gasteiger partial charge in [-0.1, -0.05) is 24.3 Å². The molecular formula is C18H23NO5. The van der Waals surface area contributed by atoms with Gasteiger partial charge in [0.2, 0.25) is 5.91 Å². The molecule has 1 saturated heterocycles. The summed E-state index contributed by atoms with van der Waals surface area (Å²) in [7, 11) is 1.59. The SMILES string of the molecule is COC1CC(CC(=O)O)N(C(=O)CC2OCCc3ccccc32)C1. The number of hydrogen-bond donors (Lipinski definition) is 1. The number of amides is 1. The summed E-state index contributed by atoms with van der Waals surface area (Å²) in [5.41, 5.74) is 2.29. The number of fused-ring (bicyclic) bond motifs is 1. The Kier molecular flexibility index (Phi) is 5.16. The highest BCUT2D eigenvalue weighted by Crippen LogP contribution is 2.32. The topological polar surface area (TPSA) is 76.1 Å². The Labute approximate surface area is 141 Å². The van der Waals surface area contributed by atoms with Crippen molar-refractivity contribution in [3.63, 3.8) is 0 Å². The number of carbonyl (C=O) groups is 2. The molecule has 1 aromatic rings. The van der Waals surface area contributed by atoms with Gasteiger partial charge in [0, 0.05) is 19.7 Å². The third kappa shape index (κ3) is 3.60. The average molecular weight is 333 g/mol. The minimum Gasteiger partial charge on any atom is -0.481 e. The van der Waals surface area contributed by atoms with Gasteiger partial charge in [0.15, 0.2) is 0 Å². The number of nitrogens with zero attached hydrogens (tertiary/aromatic N) is 1. The summed E-state index contributed by atoms with van der Waals surface area (Å²) in [5, 5.41) is 9.08. The maximum absolute atomic E-state index is 12.8. The predicted octanol–water partition coefficient (Wildman–Crippen LogP) is 1.78. The van der Waals surface area contributed by atoms with Gasteiger partial charge < -0.3 is 19.5 Å². The molecule has 0 spiro atoms. The molecule has 0 aromatic heterocycles. The second-order valence-corrected chi connectivity index (χ2v) is 6.40. The summed E-state index contributed by atoms with van der Waals surface area (Å²) in [4.78, 5) is 25.5. The number of methoxy groups -OCH3 is 1. The maximum atomic E-state index is 12.8. The Morgan fingerprint density at radius 2 is 2.12 bits per heavy atom. The van der Waals surface area contributed by atoms with Crippen LogP contribution in [-0.4, -0.2) is 54.3 Å². The molecule has 6 nitrogen and oxygen atoms in total. The molecule has 0 bridgehead atoms. The number of ether oxygens (including phenoxy) is 2. The first-order valence-electron chi connectivity index (χ1n) is 8.32. The molecule has 0 saturated carbocycles. The Balaban J connectivity index is 1.71. The molecule has 130 valence electrons. The van der Waals surface area contributed by atoms with Crippen molar-refractivity contribution in [3.05, 3.63) is 35.4 Å². The summed E-state index contributed by atoms with van der Waals surface area (Å²) in [6.07, 6.45) is 1.26. The quantitative estimate of drug-likeness (QED) is 0.889. The van der Waals surface area contributed by atoms with Crippen LogP contribution >= 0.6 is 0 Å². The summed E-state index contributed by atoms with van der Waals surface area (Å²) >= 11 is 0. The predicted molar refractivity (Wildman–Crippen MR) is 86.6 cm³/mol. The van der Waals surface area contributed by atoms with E-state index in [-0.39, 0.29) is 37.0 Å². The zero-order valence-corrected chi connectivity index (χ0v) is 13.8. The van der Waals surface area contributed by atoms with E-state index in [1.807, 2.05) is 18.2 Å². The third-order valence-electron chi connectivity index (χ3n) is 4.89. The summed E-state index contributed by atoms with van der Waals surface area (Å²) in [5.74, 6) is -0.962. The van der Waals surface area contributed by atoms with Crippen LogP contribution in [0.15, 0.2) is 24.3 Å². The molecule has 2 heterocycles. The number of carbonyl (C=O) groups excluding carboxylic acids is 1. The monoisotopic (exact) mass is 333 g/mol. The lowest BCUT2D eigenvalue weighted by molar-refractivity contribution is -0.140. The first kappa shape index (κ1) is 16.9. The number of rotatable bonds is 5. The van der Waals surface area contributed by atoms with Crippen molar-refractivity contribution in [2.45, 2.75) is 43.9 Å². The highest BCUT2D eigenvalue weighted by Gasteiger charge is 2.37. The highest BCUT2D eigenvalue weighted by molar-refractivity contribution is 5.79. The molecule has 1 N–H and O–H groups in total. The van der Waals surface area contributed by atoms with E-state index in [1.54, 1.807) is 12.0 Å². The Bertz CT molecular complexity index is 617. The summed E-state index contributed by atoms with van der Waals surface area (Å²) in [6.45, 7) is 1.05. The molecule has 1 aromatic carbocycles. The van der Waals surface area contributed by atoms with Crippen LogP contribution in [0.5, 0.6) is 0 Å². The lowest BCUT2D eigenvalue weighted by Gasteiger charge is -2.29. The van der Waals surface area contributed by atoms with Crippen molar-refractivity contribution >= 4 is 11.9 Å². The third-order valence-corrected chi connectivity index (χ3v) is 4.89. The first-order chi connectivity index (χ1) is 11.6. The highest BCUT2D eigenvalue weighted by atomic mass is 16.5. The van der Waals surface area contributed by atoms with Crippen LogP contribution < -0.4 is 0 Å². The van der Waals surface area contributed by atoms with E-state index < -0.39 is 5.97 Å². The van der Waals surface area contributed by atoms with Gasteiger partial charge in [-0.15, -0.1) is 0 Å². The number of carboxylic acids is 1. The van der Waals surface area contributed by atoms with Crippen LogP contribution in [0, 0.1) is 0 Å². The Morgan fingerprint density at radius 3 is 2.88 bits per heavy atom. The van der Waals surface area contributed by atoms with Crippen molar-refractivity contribution in [3.8, 4) is 0 Å². The van der Waals surface area contributed by atoms with Gasteiger partial charge in [-0.05, 0) is 24.0 Å². The standard InChI is InChI=1S/C18H23NO5/c1-23-14-8-13(9-18(21)22)19(11-14)17(20)10-16-15-5-3-2-4-12(15)6-7-24-16/h2-5,13-14,16H,6-11H2,1H3,(H,21,22). The molecule has 2 aliphatic heterocycles. The van der Waals surface area contributed by atoms with E-state index in [9.17, 15) is 9.59 Å². The van der Waals surface area contributed by atoms with Crippen molar-refractivity contribution in [2.75, 3.05) is 20.3 Å².